The standard InChI is InChI=1S/C19H27N3O3S.CH2O2/c1-14(2)15-5-7-16(8-6-15)19-20-9-10-22(19)18-12-25-11-17(18)13-26(23,24)21(3)4;2-1-3/h5-10,14,17-18H,11-13H2,1-4H3;1H,(H,2,3)/t17-,18-;/m1./s1. The molecule has 0 aliphatic carbocycles. The van der Waals surface area contributed by atoms with Crippen LogP contribution in [0.15, 0.2) is 36.7 Å². The van der Waals surface area contributed by atoms with Crippen LogP contribution in [0.2, 0.25) is 0 Å². The molecule has 1 aliphatic rings. The van der Waals surface area contributed by atoms with Crippen LogP contribution in [0.3, 0.4) is 0 Å². The quantitative estimate of drug-likeness (QED) is 0.716. The minimum absolute atomic E-state index is 0.0352. The third-order valence-electron chi connectivity index (χ3n) is 5.01. The normalized spacial score (nSPS) is 19.2. The Kier molecular flexibility index (Phi) is 7.95. The van der Waals surface area contributed by atoms with Crippen molar-refractivity contribution in [3.63, 3.8) is 0 Å². The number of sulfonamides is 1. The Bertz CT molecular complexity index is 891. The van der Waals surface area contributed by atoms with Crippen LogP contribution in [-0.2, 0) is 19.6 Å². The van der Waals surface area contributed by atoms with Crippen LogP contribution in [-0.4, -0.2) is 66.9 Å². The van der Waals surface area contributed by atoms with Gasteiger partial charge in [0.15, 0.2) is 0 Å². The van der Waals surface area contributed by atoms with E-state index in [1.54, 1.807) is 20.3 Å². The highest BCUT2D eigenvalue weighted by molar-refractivity contribution is 7.89. The Morgan fingerprint density at radius 2 is 1.90 bits per heavy atom. The van der Waals surface area contributed by atoms with Crippen LogP contribution in [0.4, 0.5) is 0 Å². The lowest BCUT2D eigenvalue weighted by atomic mass is 10.0. The number of hydrogen-bond donors (Lipinski definition) is 1. The fourth-order valence-corrected chi connectivity index (χ4v) is 4.45. The van der Waals surface area contributed by atoms with E-state index in [0.717, 1.165) is 11.4 Å². The summed E-state index contributed by atoms with van der Waals surface area (Å²) in [5, 5.41) is 6.89. The van der Waals surface area contributed by atoms with Gasteiger partial charge in [-0.1, -0.05) is 38.1 Å². The van der Waals surface area contributed by atoms with Crippen molar-refractivity contribution in [2.75, 3.05) is 33.1 Å². The maximum atomic E-state index is 12.3. The van der Waals surface area contributed by atoms with E-state index in [-0.39, 0.29) is 24.2 Å². The highest BCUT2D eigenvalue weighted by Crippen LogP contribution is 2.32. The first-order valence-electron chi connectivity index (χ1n) is 9.40. The van der Waals surface area contributed by atoms with Gasteiger partial charge < -0.3 is 14.4 Å². The largest absolute Gasteiger partial charge is 0.483 e. The molecule has 29 heavy (non-hydrogen) atoms. The van der Waals surface area contributed by atoms with Crippen molar-refractivity contribution < 1.29 is 23.1 Å². The molecule has 0 amide bonds. The van der Waals surface area contributed by atoms with E-state index in [4.69, 9.17) is 14.6 Å². The summed E-state index contributed by atoms with van der Waals surface area (Å²) in [7, 11) is -0.142. The molecule has 0 saturated carbocycles. The van der Waals surface area contributed by atoms with Gasteiger partial charge in [0.05, 0.1) is 25.0 Å². The fourth-order valence-electron chi connectivity index (χ4n) is 3.29. The zero-order valence-electron chi connectivity index (χ0n) is 17.2. The van der Waals surface area contributed by atoms with Gasteiger partial charge in [-0.2, -0.15) is 0 Å². The van der Waals surface area contributed by atoms with Gasteiger partial charge in [0.2, 0.25) is 10.0 Å². The van der Waals surface area contributed by atoms with E-state index < -0.39 is 10.0 Å². The highest BCUT2D eigenvalue weighted by atomic mass is 32.2. The third kappa shape index (κ3) is 5.65. The first kappa shape index (κ1) is 23.1. The van der Waals surface area contributed by atoms with Crippen molar-refractivity contribution >= 4 is 16.5 Å². The van der Waals surface area contributed by atoms with Gasteiger partial charge in [-0.25, -0.2) is 17.7 Å². The van der Waals surface area contributed by atoms with Crippen molar-refractivity contribution in [1.82, 2.24) is 13.9 Å². The number of carbonyl (C=O) groups is 1. The summed E-state index contributed by atoms with van der Waals surface area (Å²) in [6.07, 6.45) is 3.68. The first-order valence-corrected chi connectivity index (χ1v) is 11.0. The molecule has 1 aromatic carbocycles. The van der Waals surface area contributed by atoms with E-state index in [9.17, 15) is 8.42 Å². The number of nitrogens with zero attached hydrogens (tertiary/aromatic N) is 3. The Morgan fingerprint density at radius 3 is 2.45 bits per heavy atom. The lowest BCUT2D eigenvalue weighted by molar-refractivity contribution is -0.122. The van der Waals surface area contributed by atoms with Crippen LogP contribution in [0.5, 0.6) is 0 Å². The minimum Gasteiger partial charge on any atom is -0.483 e. The number of aromatic nitrogens is 2. The van der Waals surface area contributed by atoms with Crippen LogP contribution in [0, 0.1) is 5.92 Å². The van der Waals surface area contributed by atoms with Gasteiger partial charge in [-0.15, -0.1) is 0 Å². The molecule has 0 spiro atoms. The van der Waals surface area contributed by atoms with Crippen molar-refractivity contribution in [1.29, 1.82) is 0 Å². The molecule has 1 N–H and O–H groups in total. The van der Waals surface area contributed by atoms with E-state index in [1.807, 2.05) is 6.20 Å². The zero-order valence-corrected chi connectivity index (χ0v) is 18.0. The number of imidazole rings is 1. The van der Waals surface area contributed by atoms with E-state index in [1.165, 1.54) is 9.87 Å². The second-order valence-electron chi connectivity index (χ2n) is 7.47. The molecule has 2 atom stereocenters. The van der Waals surface area contributed by atoms with Crippen molar-refractivity contribution in [2.24, 2.45) is 5.92 Å². The molecule has 9 heteroatoms. The predicted molar refractivity (Wildman–Crippen MR) is 111 cm³/mol. The van der Waals surface area contributed by atoms with Gasteiger partial charge in [-0.3, -0.25) is 4.79 Å². The maximum Gasteiger partial charge on any atom is 0.290 e. The minimum atomic E-state index is -3.28. The van der Waals surface area contributed by atoms with E-state index in [2.05, 4.69) is 47.7 Å². The molecular weight excluding hydrogens is 394 g/mol. The maximum absolute atomic E-state index is 12.3. The van der Waals surface area contributed by atoms with Crippen LogP contribution >= 0.6 is 0 Å². The van der Waals surface area contributed by atoms with Gasteiger partial charge >= 0.3 is 0 Å². The molecule has 0 radical (unpaired) electrons. The fraction of sp³-hybridized carbons (Fsp3) is 0.500. The second-order valence-corrected chi connectivity index (χ2v) is 9.69. The van der Waals surface area contributed by atoms with Gasteiger partial charge in [0.1, 0.15) is 5.82 Å². The Balaban J connectivity index is 0.000000941. The van der Waals surface area contributed by atoms with Crippen LogP contribution in [0.1, 0.15) is 31.4 Å². The third-order valence-corrected chi connectivity index (χ3v) is 6.97. The number of ether oxygens (including phenoxy) is 1. The molecule has 8 nitrogen and oxygen atoms in total. The summed E-state index contributed by atoms with van der Waals surface area (Å²) in [4.78, 5) is 12.9. The molecule has 3 rings (SSSR count). The lowest BCUT2D eigenvalue weighted by Gasteiger charge is -2.22. The molecule has 160 valence electrons. The number of benzene rings is 1. The molecule has 2 heterocycles. The van der Waals surface area contributed by atoms with Gasteiger partial charge in [0, 0.05) is 38.0 Å². The molecule has 0 unspecified atom stereocenters. The molecule has 1 saturated heterocycles. The number of hydrogen-bond acceptors (Lipinski definition) is 5. The number of rotatable bonds is 6. The Labute approximate surface area is 172 Å². The zero-order chi connectivity index (χ0) is 21.6. The average molecular weight is 424 g/mol. The molecule has 2 aromatic rings. The summed E-state index contributed by atoms with van der Waals surface area (Å²) < 4.78 is 33.6. The molecule has 1 aromatic heterocycles. The number of carboxylic acid groups (broad SMARTS) is 1. The summed E-state index contributed by atoms with van der Waals surface area (Å²) in [5.74, 6) is 1.31. The molecule has 0 bridgehead atoms. The Morgan fingerprint density at radius 1 is 1.28 bits per heavy atom. The van der Waals surface area contributed by atoms with Crippen LogP contribution < -0.4 is 0 Å². The average Bonchev–Trinajstić information content (AvgIpc) is 3.30. The van der Waals surface area contributed by atoms with Gasteiger partial charge in [-0.05, 0) is 11.5 Å². The summed E-state index contributed by atoms with van der Waals surface area (Å²) in [5.41, 5.74) is 2.31. The predicted octanol–water partition coefficient (Wildman–Crippen LogP) is 2.45. The van der Waals surface area contributed by atoms with Crippen molar-refractivity contribution in [3.05, 3.63) is 42.2 Å². The molecule has 1 aliphatic heterocycles. The van der Waals surface area contributed by atoms with Crippen LogP contribution in [0.25, 0.3) is 11.4 Å². The summed E-state index contributed by atoms with van der Waals surface area (Å²) in [6, 6.07) is 8.37. The first-order chi connectivity index (χ1) is 13.7. The molecule has 1 fully saturated rings. The highest BCUT2D eigenvalue weighted by Gasteiger charge is 2.35. The van der Waals surface area contributed by atoms with E-state index in [0.29, 0.717) is 19.1 Å². The topological polar surface area (TPSA) is 102 Å². The summed E-state index contributed by atoms with van der Waals surface area (Å²) in [6.45, 7) is 5.03. The van der Waals surface area contributed by atoms with Crippen molar-refractivity contribution in [3.8, 4) is 11.4 Å². The summed E-state index contributed by atoms with van der Waals surface area (Å²) >= 11 is 0. The molecular formula is C20H29N3O5S. The van der Waals surface area contributed by atoms with Gasteiger partial charge in [0.25, 0.3) is 6.47 Å². The van der Waals surface area contributed by atoms with E-state index >= 15 is 0 Å². The second kappa shape index (κ2) is 10.00. The lowest BCUT2D eigenvalue weighted by Crippen LogP contribution is -2.32. The smallest absolute Gasteiger partial charge is 0.290 e. The van der Waals surface area contributed by atoms with Crippen molar-refractivity contribution in [2.45, 2.75) is 25.8 Å². The monoisotopic (exact) mass is 423 g/mol. The Hall–Kier alpha value is -2.23. The SMILES string of the molecule is CC(C)c1ccc(-c2nccn2[C@@H]2COC[C@@H]2CS(=O)(=O)N(C)C)cc1.O=CO.